The van der Waals surface area contributed by atoms with Crippen LogP contribution >= 0.6 is 0 Å². The predicted octanol–water partition coefficient (Wildman–Crippen LogP) is 2.69. The number of alkyl halides is 3. The summed E-state index contributed by atoms with van der Waals surface area (Å²) in [5, 5.41) is 3.02. The highest BCUT2D eigenvalue weighted by Crippen LogP contribution is 2.38. The molecule has 5 nitrogen and oxygen atoms in total. The lowest BCUT2D eigenvalue weighted by Gasteiger charge is -2.37. The van der Waals surface area contributed by atoms with Crippen molar-refractivity contribution in [2.75, 3.05) is 33.5 Å². The predicted molar refractivity (Wildman–Crippen MR) is 94.1 cm³/mol. The fraction of sp³-hybridized carbons (Fsp3) is 0.611. The summed E-state index contributed by atoms with van der Waals surface area (Å²) in [4.78, 5) is 4.40. The van der Waals surface area contributed by atoms with E-state index in [0.717, 1.165) is 6.07 Å². The minimum absolute atomic E-state index is 0.0112. The zero-order chi connectivity index (χ0) is 19.2. The Labute approximate surface area is 151 Å². The van der Waals surface area contributed by atoms with Gasteiger partial charge in [0.25, 0.3) is 0 Å². The third kappa shape index (κ3) is 5.35. The van der Waals surface area contributed by atoms with Gasteiger partial charge in [-0.05, 0) is 31.4 Å². The van der Waals surface area contributed by atoms with Crippen LogP contribution in [0, 0.1) is 0 Å². The zero-order valence-electron chi connectivity index (χ0n) is 15.1. The van der Waals surface area contributed by atoms with Gasteiger partial charge in [0.05, 0.1) is 18.7 Å². The highest BCUT2D eigenvalue weighted by Gasteiger charge is 2.37. The van der Waals surface area contributed by atoms with Crippen molar-refractivity contribution in [3.05, 3.63) is 35.4 Å². The summed E-state index contributed by atoms with van der Waals surface area (Å²) < 4.78 is 49.7. The fourth-order valence-corrected chi connectivity index (χ4v) is 3.15. The summed E-state index contributed by atoms with van der Waals surface area (Å²) >= 11 is 0. The molecule has 1 aliphatic heterocycles. The van der Waals surface area contributed by atoms with Gasteiger partial charge in [-0.3, -0.25) is 4.99 Å². The molecule has 0 aromatic heterocycles. The Hall–Kier alpha value is -1.80. The van der Waals surface area contributed by atoms with Crippen molar-refractivity contribution in [1.82, 2.24) is 5.32 Å². The molecule has 0 aliphatic carbocycles. The van der Waals surface area contributed by atoms with E-state index in [2.05, 4.69) is 10.3 Å². The van der Waals surface area contributed by atoms with E-state index in [9.17, 15) is 13.2 Å². The summed E-state index contributed by atoms with van der Waals surface area (Å²) in [7, 11) is 1.59. The Morgan fingerprint density at radius 2 is 2.08 bits per heavy atom. The molecule has 1 unspecified atom stereocenters. The summed E-state index contributed by atoms with van der Waals surface area (Å²) in [5.41, 5.74) is 5.39. The van der Waals surface area contributed by atoms with E-state index in [1.165, 1.54) is 12.1 Å². The first-order valence-electron chi connectivity index (χ1n) is 8.58. The van der Waals surface area contributed by atoms with Gasteiger partial charge in [-0.1, -0.05) is 18.2 Å². The lowest BCUT2D eigenvalue weighted by Crippen LogP contribution is -2.43. The Bertz CT molecular complexity index is 614. The number of aliphatic imine (C=N–C) groups is 1. The fourth-order valence-electron chi connectivity index (χ4n) is 3.15. The standard InChI is InChI=1S/C18H26F3N3O2/c1-13(11-25-2)24-16(22)23-12-17(6-8-26-9-7-17)14-4-3-5-15(10-14)18(19,20)21/h3-5,10,13H,6-9,11-12H2,1-2H3,(H3,22,23,24). The van der Waals surface area contributed by atoms with Crippen LogP contribution in [0.5, 0.6) is 0 Å². The maximum Gasteiger partial charge on any atom is 0.416 e. The molecular weight excluding hydrogens is 347 g/mol. The highest BCUT2D eigenvalue weighted by molar-refractivity contribution is 5.78. The number of ether oxygens (including phenoxy) is 2. The van der Waals surface area contributed by atoms with Crippen molar-refractivity contribution in [2.45, 2.75) is 37.4 Å². The van der Waals surface area contributed by atoms with Crippen LogP contribution in [0.1, 0.15) is 30.9 Å². The average Bonchev–Trinajstić information content (AvgIpc) is 2.60. The molecule has 1 heterocycles. The van der Waals surface area contributed by atoms with E-state index in [0.29, 0.717) is 44.8 Å². The lowest BCUT2D eigenvalue weighted by molar-refractivity contribution is -0.137. The van der Waals surface area contributed by atoms with Crippen molar-refractivity contribution in [2.24, 2.45) is 10.7 Å². The molecule has 0 radical (unpaired) electrons. The van der Waals surface area contributed by atoms with Crippen LogP contribution in [0.15, 0.2) is 29.3 Å². The Morgan fingerprint density at radius 1 is 1.38 bits per heavy atom. The second-order valence-corrected chi connectivity index (χ2v) is 6.67. The van der Waals surface area contributed by atoms with Gasteiger partial charge in [0.1, 0.15) is 0 Å². The molecule has 8 heteroatoms. The van der Waals surface area contributed by atoms with Crippen LogP contribution < -0.4 is 11.1 Å². The molecule has 146 valence electrons. The number of methoxy groups -OCH3 is 1. The number of guanidine groups is 1. The molecule has 0 spiro atoms. The Kier molecular flexibility index (Phi) is 6.88. The average molecular weight is 373 g/mol. The summed E-state index contributed by atoms with van der Waals surface area (Å²) in [6.07, 6.45) is -3.18. The van der Waals surface area contributed by atoms with E-state index < -0.39 is 17.2 Å². The van der Waals surface area contributed by atoms with Crippen molar-refractivity contribution >= 4 is 5.96 Å². The first-order valence-corrected chi connectivity index (χ1v) is 8.58. The molecule has 0 saturated carbocycles. The van der Waals surface area contributed by atoms with Gasteiger partial charge in [0, 0.05) is 31.8 Å². The number of benzene rings is 1. The van der Waals surface area contributed by atoms with Crippen molar-refractivity contribution in [1.29, 1.82) is 0 Å². The largest absolute Gasteiger partial charge is 0.416 e. The number of nitrogens with one attached hydrogen (secondary N) is 1. The van der Waals surface area contributed by atoms with Crippen LogP contribution in [0.4, 0.5) is 13.2 Å². The van der Waals surface area contributed by atoms with Gasteiger partial charge in [0.2, 0.25) is 0 Å². The minimum Gasteiger partial charge on any atom is -0.383 e. The molecule has 1 aliphatic rings. The molecule has 0 amide bonds. The summed E-state index contributed by atoms with van der Waals surface area (Å²) in [6.45, 7) is 3.65. The lowest BCUT2D eigenvalue weighted by atomic mass is 9.74. The van der Waals surface area contributed by atoms with Gasteiger partial charge in [-0.15, -0.1) is 0 Å². The quantitative estimate of drug-likeness (QED) is 0.594. The molecular formula is C18H26F3N3O2. The first-order chi connectivity index (χ1) is 12.3. The van der Waals surface area contributed by atoms with Crippen molar-refractivity contribution in [3.8, 4) is 0 Å². The second-order valence-electron chi connectivity index (χ2n) is 6.67. The van der Waals surface area contributed by atoms with Crippen molar-refractivity contribution in [3.63, 3.8) is 0 Å². The van der Waals surface area contributed by atoms with Gasteiger partial charge in [-0.25, -0.2) is 0 Å². The van der Waals surface area contributed by atoms with E-state index in [1.807, 2.05) is 6.92 Å². The van der Waals surface area contributed by atoms with E-state index in [4.69, 9.17) is 15.2 Å². The molecule has 3 N–H and O–H groups in total. The number of halogens is 3. The number of nitrogens with two attached hydrogens (primary N) is 1. The van der Waals surface area contributed by atoms with Crippen molar-refractivity contribution < 1.29 is 22.6 Å². The third-order valence-corrected chi connectivity index (χ3v) is 4.62. The molecule has 0 bridgehead atoms. The van der Waals surface area contributed by atoms with Gasteiger partial charge in [-0.2, -0.15) is 13.2 Å². The van der Waals surface area contributed by atoms with Crippen LogP contribution in [0.3, 0.4) is 0 Å². The third-order valence-electron chi connectivity index (χ3n) is 4.62. The van der Waals surface area contributed by atoms with E-state index >= 15 is 0 Å². The number of hydrogen-bond donors (Lipinski definition) is 2. The normalized spacial score (nSPS) is 19.2. The first kappa shape index (κ1) is 20.5. The van der Waals surface area contributed by atoms with Crippen LogP contribution in [-0.4, -0.2) is 45.5 Å². The van der Waals surface area contributed by atoms with Gasteiger partial charge < -0.3 is 20.5 Å². The minimum atomic E-state index is -4.37. The Morgan fingerprint density at radius 3 is 2.69 bits per heavy atom. The second kappa shape index (κ2) is 8.73. The van der Waals surface area contributed by atoms with E-state index in [1.54, 1.807) is 13.2 Å². The number of hydrogen-bond acceptors (Lipinski definition) is 3. The van der Waals surface area contributed by atoms with Gasteiger partial charge >= 0.3 is 6.18 Å². The summed E-state index contributed by atoms with van der Waals surface area (Å²) in [5.74, 6) is 0.257. The number of nitrogens with zero attached hydrogens (tertiary/aromatic N) is 1. The maximum atomic E-state index is 13.1. The maximum absolute atomic E-state index is 13.1. The molecule has 26 heavy (non-hydrogen) atoms. The Balaban J connectivity index is 2.23. The smallest absolute Gasteiger partial charge is 0.383 e. The molecule has 1 saturated heterocycles. The summed E-state index contributed by atoms with van der Waals surface area (Å²) in [6, 6.07) is 5.47. The molecule has 2 rings (SSSR count). The van der Waals surface area contributed by atoms with E-state index in [-0.39, 0.29) is 12.0 Å². The van der Waals surface area contributed by atoms with Crippen LogP contribution in [-0.2, 0) is 21.1 Å². The SMILES string of the molecule is COCC(C)NC(N)=NCC1(c2cccc(C(F)(F)F)c2)CCOCC1. The molecule has 1 atom stereocenters. The molecule has 1 fully saturated rings. The topological polar surface area (TPSA) is 68.9 Å². The zero-order valence-corrected chi connectivity index (χ0v) is 15.1. The highest BCUT2D eigenvalue weighted by atomic mass is 19.4. The monoisotopic (exact) mass is 373 g/mol. The van der Waals surface area contributed by atoms with Gasteiger partial charge in [0.15, 0.2) is 5.96 Å². The molecule has 1 aromatic rings. The van der Waals surface area contributed by atoms with Crippen LogP contribution in [0.25, 0.3) is 0 Å². The number of rotatable bonds is 6. The molecule has 1 aromatic carbocycles. The van der Waals surface area contributed by atoms with Crippen LogP contribution in [0.2, 0.25) is 0 Å².